The van der Waals surface area contributed by atoms with Crippen LogP contribution in [-0.2, 0) is 0 Å². The van der Waals surface area contributed by atoms with Gasteiger partial charge in [-0.25, -0.2) is 0 Å². The molecule has 4 aromatic rings. The van der Waals surface area contributed by atoms with E-state index in [1.54, 1.807) is 0 Å². The number of nitrogen functional groups attached to an aromatic ring is 2. The quantitative estimate of drug-likeness (QED) is 0.347. The van der Waals surface area contributed by atoms with Gasteiger partial charge in [0, 0.05) is 15.2 Å². The first-order valence-corrected chi connectivity index (χ1v) is 7.54. The van der Waals surface area contributed by atoms with Gasteiger partial charge in [-0.05, 0) is 27.6 Å². The monoisotopic (exact) mass is 336 g/mol. The van der Waals surface area contributed by atoms with E-state index < -0.39 is 0 Å². The van der Waals surface area contributed by atoms with Gasteiger partial charge in [-0.3, -0.25) is 0 Å². The second-order valence-corrected chi connectivity index (χ2v) is 6.06. The van der Waals surface area contributed by atoms with Crippen molar-refractivity contribution in [2.45, 2.75) is 0 Å². The number of hydrogen-bond acceptors (Lipinski definition) is 2. The van der Waals surface area contributed by atoms with Gasteiger partial charge in [-0.2, -0.15) is 0 Å². The lowest BCUT2D eigenvalue weighted by Crippen LogP contribution is -1.97. The Morgan fingerprint density at radius 3 is 1.71 bits per heavy atom. The molecule has 0 aliphatic heterocycles. The van der Waals surface area contributed by atoms with Crippen LogP contribution < -0.4 is 11.5 Å². The van der Waals surface area contributed by atoms with Gasteiger partial charge in [-0.1, -0.05) is 64.5 Å². The Bertz CT molecular complexity index is 1020. The minimum atomic E-state index is 0.606. The lowest BCUT2D eigenvalue weighted by atomic mass is 9.93. The maximum Gasteiger partial charge on any atom is 0.0634 e. The predicted molar refractivity (Wildman–Crippen MR) is 95.5 cm³/mol. The molecule has 0 spiro atoms. The molecule has 0 amide bonds. The van der Waals surface area contributed by atoms with Crippen LogP contribution in [-0.4, -0.2) is 0 Å². The van der Waals surface area contributed by atoms with Crippen LogP contribution in [0.5, 0.6) is 0 Å². The van der Waals surface area contributed by atoms with Crippen molar-refractivity contribution in [3.05, 3.63) is 59.1 Å². The highest BCUT2D eigenvalue weighted by atomic mass is 79.9. The molecule has 0 radical (unpaired) electrons. The molecule has 3 heteroatoms. The van der Waals surface area contributed by atoms with E-state index >= 15 is 0 Å². The molecule has 0 bridgehead atoms. The third-order valence-electron chi connectivity index (χ3n) is 4.03. The van der Waals surface area contributed by atoms with Crippen molar-refractivity contribution in [2.24, 2.45) is 0 Å². The smallest absolute Gasteiger partial charge is 0.0634 e. The minimum Gasteiger partial charge on any atom is -0.397 e. The van der Waals surface area contributed by atoms with E-state index in [4.69, 9.17) is 11.5 Å². The van der Waals surface area contributed by atoms with Crippen LogP contribution in [0.1, 0.15) is 0 Å². The Morgan fingerprint density at radius 2 is 1.14 bits per heavy atom. The molecule has 0 aliphatic carbocycles. The van der Waals surface area contributed by atoms with Crippen LogP contribution in [0, 0.1) is 0 Å². The molecular formula is C18H13BrN2. The van der Waals surface area contributed by atoms with Gasteiger partial charge in [0.05, 0.1) is 11.4 Å². The molecule has 0 atom stereocenters. The van der Waals surface area contributed by atoms with Gasteiger partial charge in [-0.15, -0.1) is 0 Å². The van der Waals surface area contributed by atoms with Crippen molar-refractivity contribution in [1.29, 1.82) is 0 Å². The van der Waals surface area contributed by atoms with Crippen LogP contribution >= 0.6 is 15.9 Å². The number of nitrogens with two attached hydrogens (primary N) is 2. The molecule has 4 aromatic carbocycles. The fraction of sp³-hybridized carbons (Fsp3) is 0. The summed E-state index contributed by atoms with van der Waals surface area (Å²) in [6.45, 7) is 0. The van der Waals surface area contributed by atoms with Gasteiger partial charge in [0.15, 0.2) is 0 Å². The number of halogens is 1. The number of fused-ring (bicyclic) bond motifs is 6. The first-order chi connectivity index (χ1) is 10.2. The van der Waals surface area contributed by atoms with Crippen molar-refractivity contribution in [2.75, 3.05) is 11.5 Å². The van der Waals surface area contributed by atoms with Gasteiger partial charge in [0.1, 0.15) is 0 Å². The molecule has 4 rings (SSSR count). The third-order valence-corrected chi connectivity index (χ3v) is 4.66. The second-order valence-electron chi connectivity index (χ2n) is 5.20. The zero-order valence-electron chi connectivity index (χ0n) is 11.2. The Kier molecular flexibility index (Phi) is 2.59. The molecule has 0 aliphatic rings. The summed E-state index contributed by atoms with van der Waals surface area (Å²) in [5.41, 5.74) is 13.6. The largest absolute Gasteiger partial charge is 0.397 e. The Labute approximate surface area is 130 Å². The summed E-state index contributed by atoms with van der Waals surface area (Å²) in [7, 11) is 0. The van der Waals surface area contributed by atoms with E-state index in [9.17, 15) is 0 Å². The highest BCUT2D eigenvalue weighted by Gasteiger charge is 2.14. The predicted octanol–water partition coefficient (Wildman–Crippen LogP) is 5.07. The van der Waals surface area contributed by atoms with Crippen molar-refractivity contribution < 1.29 is 0 Å². The van der Waals surface area contributed by atoms with Crippen LogP contribution in [0.4, 0.5) is 11.4 Å². The standard InChI is InChI=1S/C18H13BrN2/c19-14-9-15(20)18(21)17-13-8-4-2-6-11(13)10-5-1-3-7-12(10)16(14)17/h1-9H,20-21H2. The molecule has 0 aromatic heterocycles. The van der Waals surface area contributed by atoms with E-state index in [1.807, 2.05) is 12.1 Å². The minimum absolute atomic E-state index is 0.606. The van der Waals surface area contributed by atoms with E-state index in [0.29, 0.717) is 11.4 Å². The van der Waals surface area contributed by atoms with Gasteiger partial charge in [0.25, 0.3) is 0 Å². The summed E-state index contributed by atoms with van der Waals surface area (Å²) in [5, 5.41) is 6.89. The van der Waals surface area contributed by atoms with Crippen molar-refractivity contribution >= 4 is 59.6 Å². The van der Waals surface area contributed by atoms with Gasteiger partial charge >= 0.3 is 0 Å². The maximum atomic E-state index is 6.30. The molecule has 102 valence electrons. The Hall–Kier alpha value is -2.26. The molecule has 0 saturated heterocycles. The van der Waals surface area contributed by atoms with Crippen LogP contribution in [0.25, 0.3) is 32.3 Å². The summed E-state index contributed by atoms with van der Waals surface area (Å²) in [4.78, 5) is 0. The Morgan fingerprint density at radius 1 is 0.667 bits per heavy atom. The summed E-state index contributed by atoms with van der Waals surface area (Å²) >= 11 is 3.65. The number of benzene rings is 4. The second kappa shape index (κ2) is 4.37. The summed E-state index contributed by atoms with van der Waals surface area (Å²) in [5.74, 6) is 0. The van der Waals surface area contributed by atoms with E-state index in [-0.39, 0.29) is 0 Å². The first-order valence-electron chi connectivity index (χ1n) is 6.75. The van der Waals surface area contributed by atoms with E-state index in [2.05, 4.69) is 58.4 Å². The van der Waals surface area contributed by atoms with Gasteiger partial charge in [0.2, 0.25) is 0 Å². The zero-order chi connectivity index (χ0) is 14.6. The van der Waals surface area contributed by atoms with Crippen LogP contribution in [0.15, 0.2) is 59.1 Å². The number of rotatable bonds is 0. The normalized spacial score (nSPS) is 11.5. The van der Waals surface area contributed by atoms with Crippen LogP contribution in [0.2, 0.25) is 0 Å². The molecule has 21 heavy (non-hydrogen) atoms. The summed E-state index contributed by atoms with van der Waals surface area (Å²) in [6.07, 6.45) is 0. The molecule has 0 fully saturated rings. The highest BCUT2D eigenvalue weighted by Crippen LogP contribution is 2.43. The van der Waals surface area contributed by atoms with Crippen molar-refractivity contribution in [3.63, 3.8) is 0 Å². The first kappa shape index (κ1) is 12.5. The van der Waals surface area contributed by atoms with E-state index in [1.165, 1.54) is 16.2 Å². The average Bonchev–Trinajstić information content (AvgIpc) is 2.51. The lowest BCUT2D eigenvalue weighted by Gasteiger charge is -2.15. The molecule has 0 unspecified atom stereocenters. The van der Waals surface area contributed by atoms with Crippen LogP contribution in [0.3, 0.4) is 0 Å². The molecule has 4 N–H and O–H groups in total. The zero-order valence-corrected chi connectivity index (χ0v) is 12.8. The van der Waals surface area contributed by atoms with E-state index in [0.717, 1.165) is 20.6 Å². The van der Waals surface area contributed by atoms with Gasteiger partial charge < -0.3 is 11.5 Å². The molecular weight excluding hydrogens is 324 g/mol. The maximum absolute atomic E-state index is 6.30. The number of hydrogen-bond donors (Lipinski definition) is 2. The fourth-order valence-electron chi connectivity index (χ4n) is 3.10. The average molecular weight is 337 g/mol. The van der Waals surface area contributed by atoms with Crippen molar-refractivity contribution in [1.82, 2.24) is 0 Å². The Balaban J connectivity index is 2.49. The van der Waals surface area contributed by atoms with Crippen molar-refractivity contribution in [3.8, 4) is 0 Å². The summed E-state index contributed by atoms with van der Waals surface area (Å²) < 4.78 is 0.978. The molecule has 2 nitrogen and oxygen atoms in total. The SMILES string of the molecule is Nc1cc(Br)c2c3ccccc3c3ccccc3c2c1N. The number of anilines is 2. The fourth-order valence-corrected chi connectivity index (χ4v) is 3.76. The lowest BCUT2D eigenvalue weighted by molar-refractivity contribution is 1.70. The topological polar surface area (TPSA) is 52.0 Å². The molecule has 0 saturated carbocycles. The summed E-state index contributed by atoms with van der Waals surface area (Å²) in [6, 6.07) is 18.6. The highest BCUT2D eigenvalue weighted by molar-refractivity contribution is 9.10. The molecule has 0 heterocycles. The third kappa shape index (κ3) is 1.64.